The van der Waals surface area contributed by atoms with Gasteiger partial charge in [-0.2, -0.15) is 0 Å². The highest BCUT2D eigenvalue weighted by Gasteiger charge is 2.27. The molecule has 0 aliphatic heterocycles. The van der Waals surface area contributed by atoms with Gasteiger partial charge in [0, 0.05) is 12.0 Å². The first kappa shape index (κ1) is 8.41. The fourth-order valence-corrected chi connectivity index (χ4v) is 2.69. The molecule has 0 aromatic carbocycles. The summed E-state index contributed by atoms with van der Waals surface area (Å²) in [6, 6.07) is 0.551. The van der Waals surface area contributed by atoms with E-state index < -0.39 is 0 Å². The lowest BCUT2D eigenvalue weighted by atomic mass is 10.2. The van der Waals surface area contributed by atoms with Crippen molar-refractivity contribution in [1.29, 1.82) is 0 Å². The number of nitrogens with zero attached hydrogens (tertiary/aromatic N) is 2. The van der Waals surface area contributed by atoms with Crippen molar-refractivity contribution in [1.82, 2.24) is 10.2 Å². The van der Waals surface area contributed by atoms with Crippen LogP contribution < -0.4 is 5.32 Å². The second-order valence-corrected chi connectivity index (χ2v) is 5.01. The largest absolute Gasteiger partial charge is 0.357 e. The van der Waals surface area contributed by atoms with E-state index in [1.807, 2.05) is 0 Å². The van der Waals surface area contributed by atoms with Crippen LogP contribution in [0.25, 0.3) is 0 Å². The van der Waals surface area contributed by atoms with Gasteiger partial charge in [-0.1, -0.05) is 23.5 Å². The molecule has 3 nitrogen and oxygen atoms in total. The van der Waals surface area contributed by atoms with Crippen LogP contribution in [0.4, 0.5) is 5.13 Å². The van der Waals surface area contributed by atoms with Gasteiger partial charge in [0.25, 0.3) is 0 Å². The van der Waals surface area contributed by atoms with E-state index in [0.29, 0.717) is 6.04 Å². The molecule has 1 saturated carbocycles. The first-order chi connectivity index (χ1) is 6.92. The maximum atomic E-state index is 4.21. The van der Waals surface area contributed by atoms with E-state index in [0.717, 1.165) is 23.9 Å². The quantitative estimate of drug-likeness (QED) is 0.774. The van der Waals surface area contributed by atoms with Crippen LogP contribution in [0.2, 0.25) is 0 Å². The second kappa shape index (κ2) is 3.35. The van der Waals surface area contributed by atoms with Gasteiger partial charge < -0.3 is 5.32 Å². The van der Waals surface area contributed by atoms with Gasteiger partial charge in [0.2, 0.25) is 5.13 Å². The van der Waals surface area contributed by atoms with Gasteiger partial charge in [-0.25, -0.2) is 0 Å². The smallest absolute Gasteiger partial charge is 0.205 e. The molecule has 2 aliphatic rings. The molecule has 0 saturated heterocycles. The van der Waals surface area contributed by atoms with E-state index in [2.05, 4.69) is 27.7 Å². The molecular weight excluding hydrogens is 194 g/mol. The SMILES string of the molecule is C1=CCC(Nc2nnc(C3CC3)s2)C1. The molecule has 1 aromatic rings. The third kappa shape index (κ3) is 1.66. The predicted octanol–water partition coefficient (Wildman–Crippen LogP) is 2.55. The van der Waals surface area contributed by atoms with Crippen LogP contribution in [0.5, 0.6) is 0 Å². The number of anilines is 1. The third-order valence-electron chi connectivity index (χ3n) is 2.70. The van der Waals surface area contributed by atoms with Crippen molar-refractivity contribution in [2.24, 2.45) is 0 Å². The molecule has 1 aromatic heterocycles. The number of nitrogens with one attached hydrogen (secondary N) is 1. The summed E-state index contributed by atoms with van der Waals surface area (Å²) in [5, 5.41) is 14.0. The van der Waals surface area contributed by atoms with Gasteiger partial charge in [-0.3, -0.25) is 0 Å². The summed E-state index contributed by atoms with van der Waals surface area (Å²) in [6.45, 7) is 0. The Bertz CT molecular complexity index is 346. The summed E-state index contributed by atoms with van der Waals surface area (Å²) in [7, 11) is 0. The minimum Gasteiger partial charge on any atom is -0.357 e. The summed E-state index contributed by atoms with van der Waals surface area (Å²) in [5.41, 5.74) is 0. The Balaban J connectivity index is 1.64. The van der Waals surface area contributed by atoms with Crippen molar-refractivity contribution >= 4 is 16.5 Å². The average molecular weight is 207 g/mol. The van der Waals surface area contributed by atoms with E-state index in [1.165, 1.54) is 17.8 Å². The molecule has 3 rings (SSSR count). The Morgan fingerprint density at radius 1 is 1.21 bits per heavy atom. The van der Waals surface area contributed by atoms with Crippen LogP contribution >= 0.6 is 11.3 Å². The molecule has 0 atom stereocenters. The Labute approximate surface area is 87.2 Å². The van der Waals surface area contributed by atoms with Gasteiger partial charge in [-0.05, 0) is 25.7 Å². The fraction of sp³-hybridized carbons (Fsp3) is 0.600. The van der Waals surface area contributed by atoms with Gasteiger partial charge >= 0.3 is 0 Å². The normalized spacial score (nSPS) is 21.7. The molecule has 1 N–H and O–H groups in total. The van der Waals surface area contributed by atoms with Gasteiger partial charge in [0.1, 0.15) is 5.01 Å². The lowest BCUT2D eigenvalue weighted by molar-refractivity contribution is 0.781. The minimum atomic E-state index is 0.551. The Hall–Kier alpha value is -0.900. The first-order valence-corrected chi connectivity index (χ1v) is 5.98. The zero-order valence-corrected chi connectivity index (χ0v) is 8.76. The third-order valence-corrected chi connectivity index (χ3v) is 3.72. The van der Waals surface area contributed by atoms with E-state index in [4.69, 9.17) is 0 Å². The minimum absolute atomic E-state index is 0.551. The number of aromatic nitrogens is 2. The standard InChI is InChI=1S/C10H13N3S/c1-2-4-8(3-1)11-10-13-12-9(14-10)7-5-6-7/h1-2,7-8H,3-6H2,(H,11,13). The topological polar surface area (TPSA) is 37.8 Å². The molecule has 4 heteroatoms. The van der Waals surface area contributed by atoms with Crippen molar-refractivity contribution in [2.45, 2.75) is 37.6 Å². The number of hydrogen-bond acceptors (Lipinski definition) is 4. The second-order valence-electron chi connectivity index (χ2n) is 4.00. The molecule has 2 aliphatic carbocycles. The monoisotopic (exact) mass is 207 g/mol. The fourth-order valence-electron chi connectivity index (χ4n) is 1.70. The molecule has 0 amide bonds. The van der Waals surface area contributed by atoms with Crippen molar-refractivity contribution < 1.29 is 0 Å². The summed E-state index contributed by atoms with van der Waals surface area (Å²) in [4.78, 5) is 0. The highest BCUT2D eigenvalue weighted by atomic mass is 32.1. The van der Waals surface area contributed by atoms with Crippen molar-refractivity contribution in [3.63, 3.8) is 0 Å². The van der Waals surface area contributed by atoms with Crippen LogP contribution in [0, 0.1) is 0 Å². The van der Waals surface area contributed by atoms with Crippen LogP contribution in [-0.4, -0.2) is 16.2 Å². The van der Waals surface area contributed by atoms with Gasteiger partial charge in [0.05, 0.1) is 0 Å². The van der Waals surface area contributed by atoms with Crippen molar-refractivity contribution in [2.75, 3.05) is 5.32 Å². The molecule has 0 unspecified atom stereocenters. The Morgan fingerprint density at radius 2 is 2.00 bits per heavy atom. The van der Waals surface area contributed by atoms with E-state index in [1.54, 1.807) is 11.3 Å². The molecular formula is C10H13N3S. The van der Waals surface area contributed by atoms with Crippen LogP contribution in [-0.2, 0) is 0 Å². The average Bonchev–Trinajstić information content (AvgIpc) is 2.75. The highest BCUT2D eigenvalue weighted by molar-refractivity contribution is 7.15. The Kier molecular flexibility index (Phi) is 2.01. The zero-order valence-electron chi connectivity index (χ0n) is 7.94. The summed E-state index contributed by atoms with van der Waals surface area (Å²) >= 11 is 1.73. The summed E-state index contributed by atoms with van der Waals surface area (Å²) < 4.78 is 0. The molecule has 14 heavy (non-hydrogen) atoms. The van der Waals surface area contributed by atoms with Crippen LogP contribution in [0.1, 0.15) is 36.6 Å². The van der Waals surface area contributed by atoms with Crippen LogP contribution in [0.3, 0.4) is 0 Å². The summed E-state index contributed by atoms with van der Waals surface area (Å²) in [6.07, 6.45) is 9.30. The lowest BCUT2D eigenvalue weighted by Crippen LogP contribution is -2.14. The maximum absolute atomic E-state index is 4.21. The van der Waals surface area contributed by atoms with Gasteiger partial charge in [0.15, 0.2) is 0 Å². The number of rotatable bonds is 3. The first-order valence-electron chi connectivity index (χ1n) is 5.17. The Morgan fingerprint density at radius 3 is 2.71 bits per heavy atom. The van der Waals surface area contributed by atoms with E-state index >= 15 is 0 Å². The van der Waals surface area contributed by atoms with Crippen LogP contribution in [0.15, 0.2) is 12.2 Å². The highest BCUT2D eigenvalue weighted by Crippen LogP contribution is 2.42. The van der Waals surface area contributed by atoms with Crippen molar-refractivity contribution in [3.05, 3.63) is 17.2 Å². The molecule has 1 heterocycles. The zero-order chi connectivity index (χ0) is 9.38. The molecule has 0 spiro atoms. The van der Waals surface area contributed by atoms with Crippen molar-refractivity contribution in [3.8, 4) is 0 Å². The lowest BCUT2D eigenvalue weighted by Gasteiger charge is -2.08. The van der Waals surface area contributed by atoms with E-state index in [9.17, 15) is 0 Å². The molecule has 74 valence electrons. The van der Waals surface area contributed by atoms with Gasteiger partial charge in [-0.15, -0.1) is 10.2 Å². The number of hydrogen-bond donors (Lipinski definition) is 1. The maximum Gasteiger partial charge on any atom is 0.205 e. The van der Waals surface area contributed by atoms with E-state index in [-0.39, 0.29) is 0 Å². The summed E-state index contributed by atoms with van der Waals surface area (Å²) in [5.74, 6) is 0.727. The molecule has 0 radical (unpaired) electrons. The predicted molar refractivity (Wildman–Crippen MR) is 57.7 cm³/mol. The molecule has 1 fully saturated rings. The molecule has 0 bridgehead atoms.